The summed E-state index contributed by atoms with van der Waals surface area (Å²) in [4.78, 5) is 0. The van der Waals surface area contributed by atoms with Crippen molar-refractivity contribution in [2.24, 2.45) is 0 Å². The van der Waals surface area contributed by atoms with Gasteiger partial charge in [-0.05, 0) is 48.4 Å². The number of aryl methyl sites for hydroxylation is 1. The Morgan fingerprint density at radius 2 is 2.10 bits per heavy atom. The van der Waals surface area contributed by atoms with E-state index in [1.165, 1.54) is 23.1 Å². The topological polar surface area (TPSA) is 0 Å². The van der Waals surface area contributed by atoms with Crippen LogP contribution in [0.25, 0.3) is 0 Å². The van der Waals surface area contributed by atoms with Crippen LogP contribution in [-0.4, -0.2) is 0 Å². The van der Waals surface area contributed by atoms with Gasteiger partial charge < -0.3 is 0 Å². The third kappa shape index (κ3) is 2.91. The van der Waals surface area contributed by atoms with E-state index in [1.807, 2.05) is 18.2 Å². The van der Waals surface area contributed by atoms with E-state index >= 15 is 0 Å². The second-order valence-corrected chi connectivity index (χ2v) is 5.64. The molecule has 0 fully saturated rings. The summed E-state index contributed by atoms with van der Waals surface area (Å²) in [6, 6.07) is 6.21. The molecule has 1 unspecified atom stereocenters. The highest BCUT2D eigenvalue weighted by Gasteiger charge is 2.21. The van der Waals surface area contributed by atoms with E-state index in [0.717, 1.165) is 24.3 Å². The van der Waals surface area contributed by atoms with Crippen LogP contribution >= 0.6 is 11.6 Å². The zero-order valence-electron chi connectivity index (χ0n) is 12.5. The number of benzene rings is 1. The summed E-state index contributed by atoms with van der Waals surface area (Å²) in [5.74, 6) is 0.213. The van der Waals surface area contributed by atoms with Gasteiger partial charge in [-0.15, -0.1) is 6.58 Å². The van der Waals surface area contributed by atoms with E-state index < -0.39 is 0 Å². The van der Waals surface area contributed by atoms with Gasteiger partial charge in [-0.1, -0.05) is 61.4 Å². The van der Waals surface area contributed by atoms with Crippen molar-refractivity contribution in [1.29, 1.82) is 0 Å². The highest BCUT2D eigenvalue weighted by Crippen LogP contribution is 2.39. The minimum atomic E-state index is 0.213. The molecule has 0 amide bonds. The van der Waals surface area contributed by atoms with Gasteiger partial charge >= 0.3 is 0 Å². The molecule has 1 aliphatic rings. The van der Waals surface area contributed by atoms with Gasteiger partial charge in [0.15, 0.2) is 0 Å². The Kier molecular flexibility index (Phi) is 5.25. The predicted octanol–water partition coefficient (Wildman–Crippen LogP) is 6.23. The lowest BCUT2D eigenvalue weighted by molar-refractivity contribution is 0.834. The van der Waals surface area contributed by atoms with Crippen LogP contribution in [0.3, 0.4) is 0 Å². The standard InChI is InChI=1S/C19H23Cl/c1-4-14-10-7-8-12-17(14)16(6-3)19-15(5-2)11-9-13-18(19)20/h6,8-9,11-13,16H,3-5,7,10H2,1-2H3. The summed E-state index contributed by atoms with van der Waals surface area (Å²) in [5, 5.41) is 0.858. The van der Waals surface area contributed by atoms with Crippen LogP contribution < -0.4 is 0 Å². The van der Waals surface area contributed by atoms with Crippen molar-refractivity contribution in [3.8, 4) is 0 Å². The molecule has 0 nitrogen and oxygen atoms in total. The molecule has 1 aromatic rings. The fraction of sp³-hybridized carbons (Fsp3) is 0.368. The first-order valence-corrected chi connectivity index (χ1v) is 7.89. The molecule has 1 aliphatic carbocycles. The summed E-state index contributed by atoms with van der Waals surface area (Å²) < 4.78 is 0. The first-order valence-electron chi connectivity index (χ1n) is 7.51. The second kappa shape index (κ2) is 6.95. The van der Waals surface area contributed by atoms with Crippen molar-refractivity contribution < 1.29 is 0 Å². The third-order valence-electron chi connectivity index (χ3n) is 4.15. The largest absolute Gasteiger partial charge is 0.102 e. The zero-order valence-corrected chi connectivity index (χ0v) is 13.2. The Morgan fingerprint density at radius 3 is 2.75 bits per heavy atom. The van der Waals surface area contributed by atoms with Crippen molar-refractivity contribution in [3.05, 3.63) is 70.3 Å². The van der Waals surface area contributed by atoms with E-state index in [4.69, 9.17) is 11.6 Å². The fourth-order valence-corrected chi connectivity index (χ4v) is 3.38. The minimum Gasteiger partial charge on any atom is -0.102 e. The lowest BCUT2D eigenvalue weighted by Crippen LogP contribution is -2.07. The predicted molar refractivity (Wildman–Crippen MR) is 89.5 cm³/mol. The van der Waals surface area contributed by atoms with Gasteiger partial charge in [-0.25, -0.2) is 0 Å². The molecule has 0 heterocycles. The second-order valence-electron chi connectivity index (χ2n) is 5.23. The molecule has 2 rings (SSSR count). The molecule has 0 bridgehead atoms. The Hall–Kier alpha value is -1.27. The molecule has 1 aromatic carbocycles. The molecule has 0 aromatic heterocycles. The number of halogens is 1. The van der Waals surface area contributed by atoms with Crippen LogP contribution in [0.4, 0.5) is 0 Å². The van der Waals surface area contributed by atoms with Crippen LogP contribution in [0.1, 0.15) is 50.2 Å². The van der Waals surface area contributed by atoms with Crippen LogP contribution in [0.5, 0.6) is 0 Å². The summed E-state index contributed by atoms with van der Waals surface area (Å²) in [6.07, 6.45) is 11.0. The van der Waals surface area contributed by atoms with Gasteiger partial charge in [0.25, 0.3) is 0 Å². The van der Waals surface area contributed by atoms with E-state index in [2.05, 4.69) is 38.6 Å². The molecule has 0 spiro atoms. The molecular formula is C19H23Cl. The average Bonchev–Trinajstić information content (AvgIpc) is 2.50. The van der Waals surface area contributed by atoms with E-state index in [9.17, 15) is 0 Å². The molecular weight excluding hydrogens is 264 g/mol. The fourth-order valence-electron chi connectivity index (χ4n) is 3.07. The zero-order chi connectivity index (χ0) is 14.5. The van der Waals surface area contributed by atoms with Gasteiger partial charge in [0.1, 0.15) is 0 Å². The SMILES string of the molecule is C=CC(C1=C(CC)CCC=C1)c1c(Cl)cccc1CC. The number of rotatable bonds is 5. The normalized spacial score (nSPS) is 16.4. The number of allylic oxidation sites excluding steroid dienone is 5. The minimum absolute atomic E-state index is 0.213. The summed E-state index contributed by atoms with van der Waals surface area (Å²) in [6.45, 7) is 8.49. The van der Waals surface area contributed by atoms with Crippen molar-refractivity contribution in [3.63, 3.8) is 0 Å². The van der Waals surface area contributed by atoms with Crippen molar-refractivity contribution >= 4 is 11.6 Å². The first-order chi connectivity index (χ1) is 9.72. The van der Waals surface area contributed by atoms with Crippen molar-refractivity contribution in [1.82, 2.24) is 0 Å². The molecule has 0 saturated carbocycles. The Labute approximate surface area is 127 Å². The van der Waals surface area contributed by atoms with Gasteiger partial charge in [-0.2, -0.15) is 0 Å². The van der Waals surface area contributed by atoms with Crippen molar-refractivity contribution in [2.75, 3.05) is 0 Å². The molecule has 1 atom stereocenters. The lowest BCUT2D eigenvalue weighted by Gasteiger charge is -2.24. The van der Waals surface area contributed by atoms with E-state index in [0.29, 0.717) is 0 Å². The maximum atomic E-state index is 6.50. The average molecular weight is 287 g/mol. The maximum absolute atomic E-state index is 6.50. The Bertz CT molecular complexity index is 549. The first kappa shape index (κ1) is 15.1. The van der Waals surface area contributed by atoms with Crippen LogP contribution in [0.2, 0.25) is 5.02 Å². The van der Waals surface area contributed by atoms with Crippen LogP contribution in [0.15, 0.2) is 54.2 Å². The van der Waals surface area contributed by atoms with Gasteiger partial charge in [-0.3, -0.25) is 0 Å². The smallest absolute Gasteiger partial charge is 0.0450 e. The summed E-state index contributed by atoms with van der Waals surface area (Å²) >= 11 is 6.50. The molecule has 1 heteroatoms. The summed E-state index contributed by atoms with van der Waals surface area (Å²) in [5.41, 5.74) is 5.50. The molecule has 20 heavy (non-hydrogen) atoms. The lowest BCUT2D eigenvalue weighted by atomic mass is 9.81. The quantitative estimate of drug-likeness (QED) is 0.563. The monoisotopic (exact) mass is 286 g/mol. The van der Waals surface area contributed by atoms with Crippen LogP contribution in [-0.2, 0) is 6.42 Å². The maximum Gasteiger partial charge on any atom is 0.0450 e. The molecule has 0 saturated heterocycles. The number of hydrogen-bond acceptors (Lipinski definition) is 0. The highest BCUT2D eigenvalue weighted by atomic mass is 35.5. The van der Waals surface area contributed by atoms with Crippen LogP contribution in [0, 0.1) is 0 Å². The molecule has 0 aliphatic heterocycles. The molecule has 106 valence electrons. The molecule has 0 N–H and O–H groups in total. The molecule has 0 radical (unpaired) electrons. The Balaban J connectivity index is 2.56. The third-order valence-corrected chi connectivity index (χ3v) is 4.48. The summed E-state index contributed by atoms with van der Waals surface area (Å²) in [7, 11) is 0. The highest BCUT2D eigenvalue weighted by molar-refractivity contribution is 6.31. The number of hydrogen-bond donors (Lipinski definition) is 0. The van der Waals surface area contributed by atoms with Gasteiger partial charge in [0, 0.05) is 10.9 Å². The Morgan fingerprint density at radius 1 is 1.30 bits per heavy atom. The van der Waals surface area contributed by atoms with Gasteiger partial charge in [0.05, 0.1) is 0 Å². The van der Waals surface area contributed by atoms with Crippen molar-refractivity contribution in [2.45, 2.75) is 45.4 Å². The van der Waals surface area contributed by atoms with Gasteiger partial charge in [0.2, 0.25) is 0 Å². The van der Waals surface area contributed by atoms with E-state index in [1.54, 1.807) is 5.57 Å². The van der Waals surface area contributed by atoms with E-state index in [-0.39, 0.29) is 5.92 Å².